The van der Waals surface area contributed by atoms with E-state index < -0.39 is 0 Å². The van der Waals surface area contributed by atoms with Crippen LogP contribution in [0.3, 0.4) is 0 Å². The number of urea groups is 1. The van der Waals surface area contributed by atoms with Crippen LogP contribution in [0.15, 0.2) is 30.3 Å². The molecule has 1 N–H and O–H groups in total. The zero-order valence-electron chi connectivity index (χ0n) is 16.1. The van der Waals surface area contributed by atoms with Gasteiger partial charge in [0.15, 0.2) is 0 Å². The van der Waals surface area contributed by atoms with E-state index in [4.69, 9.17) is 0 Å². The average molecular weight is 373 g/mol. The van der Waals surface area contributed by atoms with Crippen molar-refractivity contribution in [2.45, 2.75) is 39.8 Å². The van der Waals surface area contributed by atoms with Gasteiger partial charge >= 0.3 is 6.03 Å². The van der Waals surface area contributed by atoms with Crippen molar-refractivity contribution >= 4 is 11.8 Å². The Morgan fingerprint density at radius 3 is 2.70 bits per heavy atom. The molecule has 1 fully saturated rings. The highest BCUT2D eigenvalue weighted by Crippen LogP contribution is 2.14. The molecule has 1 saturated heterocycles. The Morgan fingerprint density at radius 1 is 1.19 bits per heavy atom. The monoisotopic (exact) mass is 373 g/mol. The molecule has 7 heteroatoms. The van der Waals surface area contributed by atoms with Crippen molar-refractivity contribution in [3.05, 3.63) is 47.4 Å². The molecule has 1 aromatic carbocycles. The third-order valence-corrected chi connectivity index (χ3v) is 4.77. The zero-order valence-corrected chi connectivity index (χ0v) is 16.1. The van der Waals surface area contributed by atoms with E-state index in [1.54, 1.807) is 0 Å². The highest BCUT2D eigenvalue weighted by atomic mass is 19.1. The van der Waals surface area contributed by atoms with Gasteiger partial charge in [0.1, 0.15) is 11.6 Å². The second kappa shape index (κ2) is 8.99. The van der Waals surface area contributed by atoms with E-state index in [9.17, 15) is 9.18 Å². The molecule has 1 aliphatic rings. The van der Waals surface area contributed by atoms with Crippen molar-refractivity contribution < 1.29 is 9.18 Å². The van der Waals surface area contributed by atoms with Crippen LogP contribution in [0.2, 0.25) is 0 Å². The summed E-state index contributed by atoms with van der Waals surface area (Å²) in [6.07, 6.45) is 1.88. The molecule has 0 unspecified atom stereocenters. The SMILES string of the molecule is CCCn1nc(C)cc1NC(=O)N1CCCN(Cc2ccc(F)cc2)CC1. The van der Waals surface area contributed by atoms with E-state index in [0.29, 0.717) is 6.54 Å². The van der Waals surface area contributed by atoms with Crippen molar-refractivity contribution in [1.29, 1.82) is 0 Å². The Balaban J connectivity index is 1.55. The molecule has 0 bridgehead atoms. The molecule has 146 valence electrons. The van der Waals surface area contributed by atoms with Crippen LogP contribution in [0.1, 0.15) is 31.0 Å². The number of aromatic nitrogens is 2. The molecule has 1 aliphatic heterocycles. The lowest BCUT2D eigenvalue weighted by Gasteiger charge is -2.22. The van der Waals surface area contributed by atoms with E-state index in [-0.39, 0.29) is 11.8 Å². The first-order valence-corrected chi connectivity index (χ1v) is 9.62. The summed E-state index contributed by atoms with van der Waals surface area (Å²) >= 11 is 0. The standard InChI is InChI=1S/C20H28FN5O/c1-3-9-26-19(14-16(2)23-26)22-20(27)25-11-4-10-24(12-13-25)15-17-5-7-18(21)8-6-17/h5-8,14H,3-4,9-13,15H2,1-2H3,(H,22,27). The molecule has 27 heavy (non-hydrogen) atoms. The molecule has 1 aromatic heterocycles. The first-order valence-electron chi connectivity index (χ1n) is 9.62. The molecular formula is C20H28FN5O. The minimum absolute atomic E-state index is 0.0733. The van der Waals surface area contributed by atoms with E-state index in [2.05, 4.69) is 22.2 Å². The number of amides is 2. The summed E-state index contributed by atoms with van der Waals surface area (Å²) < 4.78 is 14.9. The molecule has 3 rings (SSSR count). The van der Waals surface area contributed by atoms with E-state index in [1.165, 1.54) is 12.1 Å². The number of rotatable bonds is 5. The van der Waals surface area contributed by atoms with Crippen molar-refractivity contribution in [2.24, 2.45) is 0 Å². The maximum Gasteiger partial charge on any atom is 0.323 e. The number of anilines is 1. The quantitative estimate of drug-likeness (QED) is 0.873. The number of carbonyl (C=O) groups is 1. The molecule has 0 radical (unpaired) electrons. The number of aryl methyl sites for hydroxylation is 2. The second-order valence-electron chi connectivity index (χ2n) is 7.07. The summed E-state index contributed by atoms with van der Waals surface area (Å²) in [5, 5.41) is 7.44. The van der Waals surface area contributed by atoms with Gasteiger partial charge in [0.2, 0.25) is 0 Å². The third kappa shape index (κ3) is 5.29. The number of hydrogen-bond donors (Lipinski definition) is 1. The molecule has 0 aliphatic carbocycles. The molecule has 2 heterocycles. The van der Waals surface area contributed by atoms with Gasteiger partial charge in [-0.2, -0.15) is 5.10 Å². The zero-order chi connectivity index (χ0) is 19.2. The normalized spacial score (nSPS) is 15.6. The summed E-state index contributed by atoms with van der Waals surface area (Å²) in [6.45, 7) is 8.72. The first-order chi connectivity index (χ1) is 13.0. The Bertz CT molecular complexity index is 758. The molecule has 0 spiro atoms. The van der Waals surface area contributed by atoms with Crippen LogP contribution in [-0.4, -0.2) is 51.8 Å². The fourth-order valence-corrected chi connectivity index (χ4v) is 3.40. The molecular weight excluding hydrogens is 345 g/mol. The van der Waals surface area contributed by atoms with Crippen LogP contribution in [-0.2, 0) is 13.1 Å². The van der Waals surface area contributed by atoms with Gasteiger partial charge in [-0.05, 0) is 37.5 Å². The molecule has 2 amide bonds. The van der Waals surface area contributed by atoms with Crippen molar-refractivity contribution in [3.63, 3.8) is 0 Å². The lowest BCUT2D eigenvalue weighted by atomic mass is 10.2. The Hall–Kier alpha value is -2.41. The number of nitrogens with zero attached hydrogens (tertiary/aromatic N) is 4. The molecule has 2 aromatic rings. The van der Waals surface area contributed by atoms with Gasteiger partial charge in [-0.25, -0.2) is 13.9 Å². The number of hydrogen-bond acceptors (Lipinski definition) is 3. The fraction of sp³-hybridized carbons (Fsp3) is 0.500. The highest BCUT2D eigenvalue weighted by molar-refractivity contribution is 5.88. The van der Waals surface area contributed by atoms with Gasteiger partial charge < -0.3 is 4.90 Å². The van der Waals surface area contributed by atoms with Crippen LogP contribution in [0.25, 0.3) is 0 Å². The first kappa shape index (κ1) is 19.4. The number of halogens is 1. The average Bonchev–Trinajstić information content (AvgIpc) is 2.83. The summed E-state index contributed by atoms with van der Waals surface area (Å²) in [5.41, 5.74) is 1.99. The largest absolute Gasteiger partial charge is 0.323 e. The maximum absolute atomic E-state index is 13.1. The Kier molecular flexibility index (Phi) is 6.45. The van der Waals surface area contributed by atoms with E-state index >= 15 is 0 Å². The van der Waals surface area contributed by atoms with Gasteiger partial charge in [0.05, 0.1) is 5.69 Å². The summed E-state index contributed by atoms with van der Waals surface area (Å²) in [7, 11) is 0. The second-order valence-corrected chi connectivity index (χ2v) is 7.07. The van der Waals surface area contributed by atoms with Gasteiger partial charge in [-0.15, -0.1) is 0 Å². The molecule has 0 atom stereocenters. The van der Waals surface area contributed by atoms with E-state index in [0.717, 1.165) is 62.6 Å². The fourth-order valence-electron chi connectivity index (χ4n) is 3.40. The van der Waals surface area contributed by atoms with Crippen LogP contribution in [0.5, 0.6) is 0 Å². The predicted molar refractivity (Wildman–Crippen MR) is 104 cm³/mol. The van der Waals surface area contributed by atoms with Crippen LogP contribution in [0, 0.1) is 12.7 Å². The topological polar surface area (TPSA) is 53.4 Å². The van der Waals surface area contributed by atoms with Gasteiger partial charge in [0.25, 0.3) is 0 Å². The maximum atomic E-state index is 13.1. The smallest absolute Gasteiger partial charge is 0.323 e. The van der Waals surface area contributed by atoms with Crippen molar-refractivity contribution in [1.82, 2.24) is 19.6 Å². The summed E-state index contributed by atoms with van der Waals surface area (Å²) in [5.74, 6) is 0.543. The molecule has 6 nitrogen and oxygen atoms in total. The summed E-state index contributed by atoms with van der Waals surface area (Å²) in [6, 6.07) is 8.47. The Labute approximate surface area is 160 Å². The molecule has 0 saturated carbocycles. The predicted octanol–water partition coefficient (Wildman–Crippen LogP) is 3.48. The van der Waals surface area contributed by atoms with Crippen LogP contribution in [0.4, 0.5) is 15.0 Å². The van der Waals surface area contributed by atoms with Crippen LogP contribution < -0.4 is 5.32 Å². The highest BCUT2D eigenvalue weighted by Gasteiger charge is 2.20. The van der Waals surface area contributed by atoms with Crippen LogP contribution >= 0.6 is 0 Å². The van der Waals surface area contributed by atoms with Gasteiger partial charge in [0, 0.05) is 45.3 Å². The number of carbonyl (C=O) groups excluding carboxylic acids is 1. The lowest BCUT2D eigenvalue weighted by molar-refractivity contribution is 0.210. The Morgan fingerprint density at radius 2 is 1.96 bits per heavy atom. The number of nitrogens with one attached hydrogen (secondary N) is 1. The lowest BCUT2D eigenvalue weighted by Crippen LogP contribution is -2.38. The van der Waals surface area contributed by atoms with Crippen molar-refractivity contribution in [2.75, 3.05) is 31.5 Å². The third-order valence-electron chi connectivity index (χ3n) is 4.77. The summed E-state index contributed by atoms with van der Waals surface area (Å²) in [4.78, 5) is 16.9. The van der Waals surface area contributed by atoms with Gasteiger partial charge in [-0.3, -0.25) is 10.2 Å². The van der Waals surface area contributed by atoms with E-state index in [1.807, 2.05) is 34.7 Å². The van der Waals surface area contributed by atoms with Crippen molar-refractivity contribution in [3.8, 4) is 0 Å². The number of benzene rings is 1. The minimum atomic E-state index is -0.213. The van der Waals surface area contributed by atoms with Gasteiger partial charge in [-0.1, -0.05) is 19.1 Å². The minimum Gasteiger partial charge on any atom is -0.323 e.